The molecule has 1 heterocycles. The summed E-state index contributed by atoms with van der Waals surface area (Å²) in [5.41, 5.74) is 1.14. The quantitative estimate of drug-likeness (QED) is 0.780. The van der Waals surface area contributed by atoms with Crippen molar-refractivity contribution in [2.75, 3.05) is 5.32 Å². The standard InChI is InChI=1S/C12H23N3/c1-5-7-15-9-11(8-13-15)14-12(6-2)10(3)4/h8-10,12,14H,5-7H2,1-4H3. The number of nitrogens with zero attached hydrogens (tertiary/aromatic N) is 2. The van der Waals surface area contributed by atoms with E-state index in [1.807, 2.05) is 10.9 Å². The molecule has 3 nitrogen and oxygen atoms in total. The summed E-state index contributed by atoms with van der Waals surface area (Å²) in [6.45, 7) is 9.88. The number of anilines is 1. The molecule has 1 aromatic heterocycles. The third-order valence-electron chi connectivity index (χ3n) is 2.68. The zero-order chi connectivity index (χ0) is 11.3. The Hall–Kier alpha value is -0.990. The molecule has 1 atom stereocenters. The highest BCUT2D eigenvalue weighted by atomic mass is 15.3. The van der Waals surface area contributed by atoms with Gasteiger partial charge in [-0.05, 0) is 18.8 Å². The van der Waals surface area contributed by atoms with Crippen molar-refractivity contribution < 1.29 is 0 Å². The van der Waals surface area contributed by atoms with Crippen LogP contribution in [0.25, 0.3) is 0 Å². The number of aromatic nitrogens is 2. The van der Waals surface area contributed by atoms with Crippen molar-refractivity contribution in [2.24, 2.45) is 5.92 Å². The number of rotatable bonds is 6. The van der Waals surface area contributed by atoms with Gasteiger partial charge in [-0.1, -0.05) is 27.7 Å². The fraction of sp³-hybridized carbons (Fsp3) is 0.750. The fourth-order valence-corrected chi connectivity index (χ4v) is 1.74. The molecule has 0 radical (unpaired) electrons. The summed E-state index contributed by atoms with van der Waals surface area (Å²) in [5.74, 6) is 0.657. The lowest BCUT2D eigenvalue weighted by Crippen LogP contribution is -2.24. The van der Waals surface area contributed by atoms with E-state index in [0.29, 0.717) is 12.0 Å². The monoisotopic (exact) mass is 209 g/mol. The van der Waals surface area contributed by atoms with E-state index in [0.717, 1.165) is 25.1 Å². The van der Waals surface area contributed by atoms with E-state index in [1.54, 1.807) is 0 Å². The molecule has 0 aromatic carbocycles. The number of nitrogens with one attached hydrogen (secondary N) is 1. The van der Waals surface area contributed by atoms with Crippen molar-refractivity contribution in [3.05, 3.63) is 12.4 Å². The molecule has 15 heavy (non-hydrogen) atoms. The van der Waals surface area contributed by atoms with Gasteiger partial charge in [-0.25, -0.2) is 0 Å². The third kappa shape index (κ3) is 3.57. The summed E-state index contributed by atoms with van der Waals surface area (Å²) < 4.78 is 2.00. The second-order valence-corrected chi connectivity index (χ2v) is 4.40. The summed E-state index contributed by atoms with van der Waals surface area (Å²) in [6, 6.07) is 0.546. The molecule has 0 saturated carbocycles. The van der Waals surface area contributed by atoms with Crippen LogP contribution in [-0.2, 0) is 6.54 Å². The Bertz CT molecular complexity index is 278. The summed E-state index contributed by atoms with van der Waals surface area (Å²) in [4.78, 5) is 0. The smallest absolute Gasteiger partial charge is 0.0728 e. The van der Waals surface area contributed by atoms with Crippen LogP contribution in [-0.4, -0.2) is 15.8 Å². The predicted octanol–water partition coefficient (Wildman–Crippen LogP) is 3.14. The van der Waals surface area contributed by atoms with Crippen molar-refractivity contribution in [1.29, 1.82) is 0 Å². The van der Waals surface area contributed by atoms with Gasteiger partial charge < -0.3 is 5.32 Å². The SMILES string of the molecule is CCCn1cc(NC(CC)C(C)C)cn1. The van der Waals surface area contributed by atoms with Crippen LogP contribution in [0.15, 0.2) is 12.4 Å². The van der Waals surface area contributed by atoms with E-state index in [9.17, 15) is 0 Å². The highest BCUT2D eigenvalue weighted by Crippen LogP contribution is 2.14. The van der Waals surface area contributed by atoms with Crippen molar-refractivity contribution in [3.63, 3.8) is 0 Å². The average molecular weight is 209 g/mol. The Morgan fingerprint density at radius 2 is 2.13 bits per heavy atom. The molecule has 0 spiro atoms. The number of aryl methyl sites for hydroxylation is 1. The lowest BCUT2D eigenvalue weighted by molar-refractivity contribution is 0.511. The van der Waals surface area contributed by atoms with Crippen molar-refractivity contribution in [2.45, 2.75) is 53.1 Å². The first kappa shape index (κ1) is 12.1. The molecule has 0 bridgehead atoms. The summed E-state index contributed by atoms with van der Waals surface area (Å²) in [7, 11) is 0. The topological polar surface area (TPSA) is 29.9 Å². The molecule has 1 aromatic rings. The lowest BCUT2D eigenvalue weighted by Gasteiger charge is -2.20. The van der Waals surface area contributed by atoms with Gasteiger partial charge in [-0.3, -0.25) is 4.68 Å². The Balaban J connectivity index is 2.55. The van der Waals surface area contributed by atoms with E-state index >= 15 is 0 Å². The van der Waals surface area contributed by atoms with Gasteiger partial charge >= 0.3 is 0 Å². The van der Waals surface area contributed by atoms with Crippen LogP contribution in [0, 0.1) is 5.92 Å². The first-order valence-corrected chi connectivity index (χ1v) is 5.96. The minimum Gasteiger partial charge on any atom is -0.380 e. The largest absolute Gasteiger partial charge is 0.380 e. The summed E-state index contributed by atoms with van der Waals surface area (Å²) in [5, 5.41) is 7.83. The molecule has 1 rings (SSSR count). The first-order valence-electron chi connectivity index (χ1n) is 5.96. The second-order valence-electron chi connectivity index (χ2n) is 4.40. The van der Waals surface area contributed by atoms with Crippen molar-refractivity contribution in [3.8, 4) is 0 Å². The molecular formula is C12H23N3. The van der Waals surface area contributed by atoms with Gasteiger partial charge in [0.2, 0.25) is 0 Å². The molecule has 0 aliphatic rings. The Labute approximate surface area is 92.9 Å². The van der Waals surface area contributed by atoms with Gasteiger partial charge in [0.1, 0.15) is 0 Å². The molecule has 0 aliphatic carbocycles. The van der Waals surface area contributed by atoms with Crippen LogP contribution < -0.4 is 5.32 Å². The van der Waals surface area contributed by atoms with Gasteiger partial charge in [0.25, 0.3) is 0 Å². The molecule has 3 heteroatoms. The van der Waals surface area contributed by atoms with E-state index in [1.165, 1.54) is 0 Å². The molecular weight excluding hydrogens is 186 g/mol. The van der Waals surface area contributed by atoms with Crippen LogP contribution in [0.2, 0.25) is 0 Å². The Morgan fingerprint density at radius 1 is 1.40 bits per heavy atom. The van der Waals surface area contributed by atoms with E-state index < -0.39 is 0 Å². The average Bonchev–Trinajstić information content (AvgIpc) is 2.62. The zero-order valence-electron chi connectivity index (χ0n) is 10.3. The van der Waals surface area contributed by atoms with E-state index in [-0.39, 0.29) is 0 Å². The zero-order valence-corrected chi connectivity index (χ0v) is 10.3. The third-order valence-corrected chi connectivity index (χ3v) is 2.68. The maximum absolute atomic E-state index is 4.31. The Kier molecular flexibility index (Phi) is 4.66. The van der Waals surface area contributed by atoms with Crippen LogP contribution >= 0.6 is 0 Å². The highest BCUT2D eigenvalue weighted by molar-refractivity contribution is 5.39. The van der Waals surface area contributed by atoms with Crippen molar-refractivity contribution >= 4 is 5.69 Å². The number of hydrogen-bond donors (Lipinski definition) is 1. The van der Waals surface area contributed by atoms with Crippen molar-refractivity contribution in [1.82, 2.24) is 9.78 Å². The summed E-state index contributed by atoms with van der Waals surface area (Å²) in [6.07, 6.45) is 6.29. The second kappa shape index (κ2) is 5.79. The molecule has 1 N–H and O–H groups in total. The van der Waals surface area contributed by atoms with Gasteiger partial charge in [0.15, 0.2) is 0 Å². The van der Waals surface area contributed by atoms with Crippen LogP contribution in [0.5, 0.6) is 0 Å². The maximum Gasteiger partial charge on any atom is 0.0728 e. The van der Waals surface area contributed by atoms with Crippen LogP contribution in [0.1, 0.15) is 40.5 Å². The lowest BCUT2D eigenvalue weighted by atomic mass is 10.0. The molecule has 0 aliphatic heterocycles. The van der Waals surface area contributed by atoms with Gasteiger partial charge in [-0.2, -0.15) is 5.10 Å². The normalized spacial score (nSPS) is 13.1. The molecule has 0 fully saturated rings. The highest BCUT2D eigenvalue weighted by Gasteiger charge is 2.11. The van der Waals surface area contributed by atoms with Crippen LogP contribution in [0.3, 0.4) is 0 Å². The first-order chi connectivity index (χ1) is 7.17. The molecule has 0 amide bonds. The van der Waals surface area contributed by atoms with Crippen LogP contribution in [0.4, 0.5) is 5.69 Å². The number of hydrogen-bond acceptors (Lipinski definition) is 2. The van der Waals surface area contributed by atoms with E-state index in [2.05, 4.69) is 44.3 Å². The summed E-state index contributed by atoms with van der Waals surface area (Å²) >= 11 is 0. The van der Waals surface area contributed by atoms with Gasteiger partial charge in [-0.15, -0.1) is 0 Å². The minimum absolute atomic E-state index is 0.546. The molecule has 1 unspecified atom stereocenters. The van der Waals surface area contributed by atoms with Gasteiger partial charge in [0, 0.05) is 18.8 Å². The van der Waals surface area contributed by atoms with E-state index in [4.69, 9.17) is 0 Å². The maximum atomic E-state index is 4.31. The minimum atomic E-state index is 0.546. The fourth-order valence-electron chi connectivity index (χ4n) is 1.74. The van der Waals surface area contributed by atoms with Gasteiger partial charge in [0.05, 0.1) is 11.9 Å². The predicted molar refractivity (Wildman–Crippen MR) is 65.1 cm³/mol. The molecule has 0 saturated heterocycles. The Morgan fingerprint density at radius 3 is 2.67 bits per heavy atom. The molecule has 86 valence electrons.